The van der Waals surface area contributed by atoms with Gasteiger partial charge in [0.15, 0.2) is 0 Å². The Morgan fingerprint density at radius 2 is 2.06 bits per heavy atom. The fourth-order valence-corrected chi connectivity index (χ4v) is 3.69. The van der Waals surface area contributed by atoms with E-state index < -0.39 is 0 Å². The fourth-order valence-electron chi connectivity index (χ4n) is 3.28. The third-order valence-electron chi connectivity index (χ3n) is 4.15. The Morgan fingerprint density at radius 1 is 1.35 bits per heavy atom. The van der Waals surface area contributed by atoms with Crippen LogP contribution in [0.5, 0.6) is 0 Å². The molecule has 0 N–H and O–H groups in total. The number of carbonyl (C=O) groups is 1. The highest BCUT2D eigenvalue weighted by Crippen LogP contribution is 2.58. The van der Waals surface area contributed by atoms with Gasteiger partial charge in [0.1, 0.15) is 11.6 Å². The van der Waals surface area contributed by atoms with E-state index in [1.807, 2.05) is 0 Å². The molecule has 0 spiro atoms. The molecular weight excluding hydrogens is 283 g/mol. The molecule has 2 unspecified atom stereocenters. The maximum Gasteiger partial charge on any atom is 0.141 e. The topological polar surface area (TPSA) is 17.1 Å². The molecule has 0 radical (unpaired) electrons. The van der Waals surface area contributed by atoms with Crippen LogP contribution in [0.15, 0.2) is 22.7 Å². The summed E-state index contributed by atoms with van der Waals surface area (Å²) in [7, 11) is 0. The van der Waals surface area contributed by atoms with Gasteiger partial charge in [0, 0.05) is 16.8 Å². The minimum atomic E-state index is -0.271. The van der Waals surface area contributed by atoms with Crippen molar-refractivity contribution in [2.24, 2.45) is 17.8 Å². The van der Waals surface area contributed by atoms with Gasteiger partial charge in [0.05, 0.1) is 0 Å². The van der Waals surface area contributed by atoms with Crippen LogP contribution in [0.1, 0.15) is 24.8 Å². The van der Waals surface area contributed by atoms with Crippen LogP contribution >= 0.6 is 15.9 Å². The second-order valence-electron chi connectivity index (χ2n) is 5.16. The third-order valence-corrected chi connectivity index (χ3v) is 4.64. The molecule has 1 aromatic rings. The number of Topliss-reactive ketones (excluding diaryl/α,β-unsaturated/α-hetero) is 1. The minimum Gasteiger partial charge on any atom is -0.299 e. The minimum absolute atomic E-state index is 0.233. The molecule has 2 saturated carbocycles. The van der Waals surface area contributed by atoms with E-state index in [0.29, 0.717) is 17.4 Å². The molecule has 3 rings (SSSR count). The highest BCUT2D eigenvalue weighted by molar-refractivity contribution is 9.10. The first kappa shape index (κ1) is 11.4. The van der Waals surface area contributed by atoms with Crippen molar-refractivity contribution < 1.29 is 9.18 Å². The maximum absolute atomic E-state index is 13.5. The van der Waals surface area contributed by atoms with Gasteiger partial charge in [-0.15, -0.1) is 0 Å². The van der Waals surface area contributed by atoms with E-state index in [1.54, 1.807) is 12.1 Å². The number of hydrogen-bond donors (Lipinski definition) is 0. The average Bonchev–Trinajstić information content (AvgIpc) is 2.78. The molecule has 2 fully saturated rings. The van der Waals surface area contributed by atoms with Gasteiger partial charge in [-0.3, -0.25) is 4.79 Å². The summed E-state index contributed by atoms with van der Waals surface area (Å²) in [6.07, 6.45) is 3.91. The third kappa shape index (κ3) is 2.05. The molecule has 0 bridgehead atoms. The monoisotopic (exact) mass is 296 g/mol. The van der Waals surface area contributed by atoms with E-state index >= 15 is 0 Å². The van der Waals surface area contributed by atoms with Crippen LogP contribution in [-0.2, 0) is 11.2 Å². The molecule has 0 aliphatic heterocycles. The number of rotatable bonds is 3. The van der Waals surface area contributed by atoms with Gasteiger partial charge in [0.2, 0.25) is 0 Å². The standard InChI is InChI=1S/C14H14BrFO/c15-9-4-5-12(16)8(6-9)7-13(17)14-10-2-1-3-11(10)14/h4-6,10-11,14H,1-3,7H2. The molecule has 2 atom stereocenters. The lowest BCUT2D eigenvalue weighted by Crippen LogP contribution is -2.10. The Bertz CT molecular complexity index is 461. The maximum atomic E-state index is 13.5. The molecule has 0 aromatic heterocycles. The zero-order valence-corrected chi connectivity index (χ0v) is 11.0. The van der Waals surface area contributed by atoms with Crippen LogP contribution in [0.3, 0.4) is 0 Å². The Balaban J connectivity index is 1.71. The smallest absolute Gasteiger partial charge is 0.141 e. The SMILES string of the molecule is O=C(Cc1cc(Br)ccc1F)C1C2CCCC21. The molecule has 0 amide bonds. The lowest BCUT2D eigenvalue weighted by Gasteiger charge is -2.05. The molecular formula is C14H14BrFO. The zero-order valence-electron chi connectivity index (χ0n) is 9.46. The van der Waals surface area contributed by atoms with Gasteiger partial charge >= 0.3 is 0 Å². The van der Waals surface area contributed by atoms with E-state index in [1.165, 1.54) is 25.3 Å². The summed E-state index contributed by atoms with van der Waals surface area (Å²) in [5.74, 6) is 1.45. The highest BCUT2D eigenvalue weighted by atomic mass is 79.9. The molecule has 90 valence electrons. The number of fused-ring (bicyclic) bond motifs is 1. The largest absolute Gasteiger partial charge is 0.299 e. The van der Waals surface area contributed by atoms with Crippen molar-refractivity contribution in [2.75, 3.05) is 0 Å². The van der Waals surface area contributed by atoms with Crippen molar-refractivity contribution in [2.45, 2.75) is 25.7 Å². The van der Waals surface area contributed by atoms with Gasteiger partial charge in [-0.05, 0) is 48.4 Å². The summed E-state index contributed by atoms with van der Waals surface area (Å²) in [5.41, 5.74) is 0.523. The van der Waals surface area contributed by atoms with Crippen molar-refractivity contribution in [1.82, 2.24) is 0 Å². The number of ketones is 1. The highest BCUT2D eigenvalue weighted by Gasteiger charge is 2.55. The number of hydrogen-bond acceptors (Lipinski definition) is 1. The molecule has 0 saturated heterocycles. The van der Waals surface area contributed by atoms with E-state index in [-0.39, 0.29) is 23.9 Å². The van der Waals surface area contributed by atoms with E-state index in [4.69, 9.17) is 0 Å². The van der Waals surface area contributed by atoms with Crippen LogP contribution in [0.4, 0.5) is 4.39 Å². The average molecular weight is 297 g/mol. The number of halogens is 2. The van der Waals surface area contributed by atoms with Crippen LogP contribution in [0, 0.1) is 23.6 Å². The van der Waals surface area contributed by atoms with Gasteiger partial charge in [-0.25, -0.2) is 4.39 Å². The molecule has 2 aliphatic carbocycles. The number of benzene rings is 1. The lowest BCUT2D eigenvalue weighted by atomic mass is 10.0. The van der Waals surface area contributed by atoms with Crippen molar-refractivity contribution in [3.63, 3.8) is 0 Å². The molecule has 2 aliphatic rings. The van der Waals surface area contributed by atoms with Gasteiger partial charge in [-0.2, -0.15) is 0 Å². The second-order valence-corrected chi connectivity index (χ2v) is 6.08. The van der Waals surface area contributed by atoms with Crippen molar-refractivity contribution in [3.8, 4) is 0 Å². The second kappa shape index (κ2) is 4.20. The van der Waals surface area contributed by atoms with Crippen molar-refractivity contribution in [3.05, 3.63) is 34.1 Å². The summed E-state index contributed by atoms with van der Waals surface area (Å²) in [6.45, 7) is 0. The summed E-state index contributed by atoms with van der Waals surface area (Å²) in [5, 5.41) is 0. The van der Waals surface area contributed by atoms with Crippen LogP contribution in [-0.4, -0.2) is 5.78 Å². The predicted octanol–water partition coefficient (Wildman–Crippen LogP) is 3.75. The summed E-state index contributed by atoms with van der Waals surface area (Å²) < 4.78 is 14.4. The Hall–Kier alpha value is -0.700. The van der Waals surface area contributed by atoms with Crippen LogP contribution in [0.25, 0.3) is 0 Å². The molecule has 17 heavy (non-hydrogen) atoms. The zero-order chi connectivity index (χ0) is 12.0. The summed E-state index contributed by atoms with van der Waals surface area (Å²) >= 11 is 3.31. The first-order chi connectivity index (χ1) is 8.16. The van der Waals surface area contributed by atoms with E-state index in [2.05, 4.69) is 15.9 Å². The Labute approximate surface area is 109 Å². The lowest BCUT2D eigenvalue weighted by molar-refractivity contribution is -0.120. The molecule has 0 heterocycles. The number of carbonyl (C=O) groups excluding carboxylic acids is 1. The quantitative estimate of drug-likeness (QED) is 0.830. The van der Waals surface area contributed by atoms with E-state index in [0.717, 1.165) is 4.47 Å². The van der Waals surface area contributed by atoms with Crippen LogP contribution < -0.4 is 0 Å². The predicted molar refractivity (Wildman–Crippen MR) is 67.1 cm³/mol. The first-order valence-corrected chi connectivity index (χ1v) is 6.93. The Morgan fingerprint density at radius 3 is 2.76 bits per heavy atom. The normalized spacial score (nSPS) is 30.1. The molecule has 3 heteroatoms. The Kier molecular flexibility index (Phi) is 2.81. The van der Waals surface area contributed by atoms with Gasteiger partial charge < -0.3 is 0 Å². The van der Waals surface area contributed by atoms with Gasteiger partial charge in [0.25, 0.3) is 0 Å². The fraction of sp³-hybridized carbons (Fsp3) is 0.500. The van der Waals surface area contributed by atoms with E-state index in [9.17, 15) is 9.18 Å². The van der Waals surface area contributed by atoms with Crippen molar-refractivity contribution in [1.29, 1.82) is 0 Å². The van der Waals surface area contributed by atoms with Gasteiger partial charge in [-0.1, -0.05) is 22.4 Å². The first-order valence-electron chi connectivity index (χ1n) is 6.13. The molecule has 1 nitrogen and oxygen atoms in total. The summed E-state index contributed by atoms with van der Waals surface area (Å²) in [6, 6.07) is 4.79. The van der Waals surface area contributed by atoms with Crippen LogP contribution in [0.2, 0.25) is 0 Å². The summed E-state index contributed by atoms with van der Waals surface area (Å²) in [4.78, 5) is 12.1. The van der Waals surface area contributed by atoms with Crippen molar-refractivity contribution >= 4 is 21.7 Å². The molecule has 1 aromatic carbocycles.